The van der Waals surface area contributed by atoms with E-state index in [1.165, 1.54) is 11.3 Å². The van der Waals surface area contributed by atoms with Crippen molar-refractivity contribution in [3.05, 3.63) is 46.4 Å². The number of aromatic nitrogens is 2. The van der Waals surface area contributed by atoms with E-state index in [0.29, 0.717) is 52.4 Å². The quantitative estimate of drug-likeness (QED) is 0.541. The first-order valence-electron chi connectivity index (χ1n) is 12.0. The Kier molecular flexibility index (Phi) is 6.75. The van der Waals surface area contributed by atoms with Gasteiger partial charge in [0.05, 0.1) is 35.4 Å². The van der Waals surface area contributed by atoms with Gasteiger partial charge in [-0.05, 0) is 38.1 Å². The fraction of sp³-hybridized carbons (Fsp3) is 0.360. The molecule has 2 N–H and O–H groups in total. The van der Waals surface area contributed by atoms with E-state index in [1.807, 2.05) is 42.0 Å². The van der Waals surface area contributed by atoms with Gasteiger partial charge in [0, 0.05) is 45.4 Å². The Morgan fingerprint density at radius 2 is 2.00 bits per heavy atom. The maximum Gasteiger partial charge on any atom is 0.272 e. The van der Waals surface area contributed by atoms with Gasteiger partial charge in [-0.2, -0.15) is 0 Å². The number of benzene rings is 1. The summed E-state index contributed by atoms with van der Waals surface area (Å²) in [5, 5.41) is 6.65. The van der Waals surface area contributed by atoms with E-state index >= 15 is 0 Å². The van der Waals surface area contributed by atoms with Gasteiger partial charge in [-0.1, -0.05) is 0 Å². The average molecular weight is 508 g/mol. The van der Waals surface area contributed by atoms with E-state index in [2.05, 4.69) is 20.6 Å². The number of amides is 2. The third kappa shape index (κ3) is 4.47. The van der Waals surface area contributed by atoms with E-state index in [0.717, 1.165) is 31.7 Å². The maximum atomic E-state index is 13.1. The Balaban J connectivity index is 1.44. The van der Waals surface area contributed by atoms with Crippen molar-refractivity contribution in [3.8, 4) is 5.75 Å². The lowest BCUT2D eigenvalue weighted by atomic mass is 10.1. The van der Waals surface area contributed by atoms with E-state index in [-0.39, 0.29) is 11.8 Å². The van der Waals surface area contributed by atoms with Crippen molar-refractivity contribution in [1.29, 1.82) is 0 Å². The third-order valence-corrected chi connectivity index (χ3v) is 7.17. The summed E-state index contributed by atoms with van der Waals surface area (Å²) in [6.07, 6.45) is 2.61. The van der Waals surface area contributed by atoms with Crippen molar-refractivity contribution in [2.45, 2.75) is 13.3 Å². The smallest absolute Gasteiger partial charge is 0.272 e. The van der Waals surface area contributed by atoms with Crippen molar-refractivity contribution < 1.29 is 14.3 Å². The number of carbonyl (C=O) groups excluding carboxylic acids is 2. The number of ether oxygens (including phenoxy) is 1. The van der Waals surface area contributed by atoms with Crippen molar-refractivity contribution in [2.75, 3.05) is 62.0 Å². The summed E-state index contributed by atoms with van der Waals surface area (Å²) in [7, 11) is 3.62. The molecule has 3 aromatic rings. The van der Waals surface area contributed by atoms with Gasteiger partial charge in [-0.3, -0.25) is 9.59 Å². The molecule has 0 atom stereocenters. The molecule has 0 spiro atoms. The molecule has 36 heavy (non-hydrogen) atoms. The molecule has 0 unspecified atom stereocenters. The van der Waals surface area contributed by atoms with E-state index in [4.69, 9.17) is 4.74 Å². The van der Waals surface area contributed by atoms with Crippen molar-refractivity contribution >= 4 is 51.8 Å². The Bertz CT molecular complexity index is 1290. The molecule has 1 fully saturated rings. The van der Waals surface area contributed by atoms with Crippen LogP contribution in [0, 0.1) is 0 Å². The molecule has 2 aliphatic heterocycles. The van der Waals surface area contributed by atoms with Gasteiger partial charge in [0.1, 0.15) is 16.4 Å². The van der Waals surface area contributed by atoms with Crippen LogP contribution >= 0.6 is 11.3 Å². The van der Waals surface area contributed by atoms with Crippen LogP contribution < -0.4 is 25.2 Å². The zero-order chi connectivity index (χ0) is 25.2. The van der Waals surface area contributed by atoms with Crippen LogP contribution in [-0.4, -0.2) is 73.6 Å². The molecule has 0 aliphatic carbocycles. The van der Waals surface area contributed by atoms with Gasteiger partial charge in [-0.25, -0.2) is 9.97 Å². The van der Waals surface area contributed by atoms with Crippen molar-refractivity contribution in [2.24, 2.45) is 0 Å². The van der Waals surface area contributed by atoms with Gasteiger partial charge < -0.3 is 30.1 Å². The van der Waals surface area contributed by atoms with Crippen LogP contribution in [0.1, 0.15) is 33.4 Å². The monoisotopic (exact) mass is 507 g/mol. The lowest BCUT2D eigenvalue weighted by Gasteiger charge is -2.22. The molecule has 2 aliphatic rings. The summed E-state index contributed by atoms with van der Waals surface area (Å²) in [5.41, 5.74) is 4.46. The highest BCUT2D eigenvalue weighted by Crippen LogP contribution is 2.41. The van der Waals surface area contributed by atoms with Crippen LogP contribution in [0.5, 0.6) is 5.75 Å². The van der Waals surface area contributed by atoms with Gasteiger partial charge in [-0.15, -0.1) is 11.3 Å². The normalized spacial score (nSPS) is 15.6. The Hall–Kier alpha value is -3.70. The number of hydrogen-bond acceptors (Lipinski definition) is 9. The molecule has 0 saturated carbocycles. The molecule has 1 aromatic carbocycles. The Labute approximate surface area is 213 Å². The number of rotatable bonds is 5. The van der Waals surface area contributed by atoms with Crippen LogP contribution in [0.2, 0.25) is 0 Å². The van der Waals surface area contributed by atoms with Crippen LogP contribution in [0.25, 0.3) is 0 Å². The summed E-state index contributed by atoms with van der Waals surface area (Å²) in [4.78, 5) is 40.9. The number of nitrogens with zero attached hydrogens (tertiary/aromatic N) is 5. The first-order chi connectivity index (χ1) is 17.5. The second-order valence-electron chi connectivity index (χ2n) is 8.65. The molecule has 5 rings (SSSR count). The molecular weight excluding hydrogens is 478 g/mol. The fourth-order valence-corrected chi connectivity index (χ4v) is 5.23. The largest absolute Gasteiger partial charge is 0.492 e. The van der Waals surface area contributed by atoms with Crippen LogP contribution in [0.3, 0.4) is 0 Å². The van der Waals surface area contributed by atoms with Gasteiger partial charge in [0.25, 0.3) is 11.8 Å². The topological polar surface area (TPSA) is 103 Å². The summed E-state index contributed by atoms with van der Waals surface area (Å²) in [5.74, 6) is 1.67. The highest BCUT2D eigenvalue weighted by Gasteiger charge is 2.30. The molecule has 188 valence electrons. The van der Waals surface area contributed by atoms with Crippen LogP contribution in [-0.2, 0) is 0 Å². The minimum atomic E-state index is -0.111. The molecule has 0 radical (unpaired) electrons. The summed E-state index contributed by atoms with van der Waals surface area (Å²) >= 11 is 1.32. The molecule has 1 saturated heterocycles. The van der Waals surface area contributed by atoms with Gasteiger partial charge >= 0.3 is 0 Å². The molecule has 4 heterocycles. The number of hydrogen-bond donors (Lipinski definition) is 2. The SMILES string of the molecule is CCOc1cc(C(=O)N2CCCNCC2)ccc1Nc1cc2c(cn1)N(C)C(=O)c1scnc1N2C. The Morgan fingerprint density at radius 3 is 2.83 bits per heavy atom. The standard InChI is InChI=1S/C25H29N7O3S/c1-4-35-20-12-16(24(33)32-10-5-8-26-9-11-32)6-7-17(20)29-21-13-18-19(14-27-21)31(3)25(34)22-23(30(18)2)28-15-36-22/h6-7,12-15,26H,4-5,8-11H2,1-3H3,(H,27,29). The van der Waals surface area contributed by atoms with E-state index in [1.54, 1.807) is 29.7 Å². The van der Waals surface area contributed by atoms with Gasteiger partial charge in [0.2, 0.25) is 0 Å². The molecule has 2 aromatic heterocycles. The zero-order valence-corrected chi connectivity index (χ0v) is 21.4. The minimum Gasteiger partial charge on any atom is -0.492 e. The second kappa shape index (κ2) is 10.1. The molecule has 2 amide bonds. The maximum absolute atomic E-state index is 13.1. The molecule has 10 nitrogen and oxygen atoms in total. The van der Waals surface area contributed by atoms with E-state index < -0.39 is 0 Å². The predicted octanol–water partition coefficient (Wildman–Crippen LogP) is 3.47. The first kappa shape index (κ1) is 24.0. The highest BCUT2D eigenvalue weighted by molar-refractivity contribution is 7.12. The van der Waals surface area contributed by atoms with Crippen molar-refractivity contribution in [3.63, 3.8) is 0 Å². The number of pyridine rings is 1. The molecule has 0 bridgehead atoms. The Morgan fingerprint density at radius 1 is 1.14 bits per heavy atom. The third-order valence-electron chi connectivity index (χ3n) is 6.37. The number of nitrogens with one attached hydrogen (secondary N) is 2. The molecule has 11 heteroatoms. The number of anilines is 5. The lowest BCUT2D eigenvalue weighted by molar-refractivity contribution is 0.0765. The predicted molar refractivity (Wildman–Crippen MR) is 141 cm³/mol. The van der Waals surface area contributed by atoms with Gasteiger partial charge in [0.15, 0.2) is 5.82 Å². The van der Waals surface area contributed by atoms with Crippen LogP contribution in [0.4, 0.5) is 28.7 Å². The summed E-state index contributed by atoms with van der Waals surface area (Å²) in [6.45, 7) is 5.51. The summed E-state index contributed by atoms with van der Waals surface area (Å²) < 4.78 is 5.89. The average Bonchev–Trinajstić information content (AvgIpc) is 3.19. The zero-order valence-electron chi connectivity index (χ0n) is 20.6. The first-order valence-corrected chi connectivity index (χ1v) is 12.8. The lowest BCUT2D eigenvalue weighted by Crippen LogP contribution is -2.34. The number of carbonyl (C=O) groups is 2. The minimum absolute atomic E-state index is 0.00255. The number of thiazole rings is 1. The number of fused-ring (bicyclic) bond motifs is 2. The fourth-order valence-electron chi connectivity index (χ4n) is 4.44. The van der Waals surface area contributed by atoms with E-state index in [9.17, 15) is 9.59 Å². The highest BCUT2D eigenvalue weighted by atomic mass is 32.1. The summed E-state index contributed by atoms with van der Waals surface area (Å²) in [6, 6.07) is 7.33. The second-order valence-corrected chi connectivity index (χ2v) is 9.51. The van der Waals surface area contributed by atoms with Crippen molar-refractivity contribution in [1.82, 2.24) is 20.2 Å². The molecular formula is C25H29N7O3S. The van der Waals surface area contributed by atoms with Crippen LogP contribution in [0.15, 0.2) is 36.0 Å².